The third kappa shape index (κ3) is 6.99. The minimum atomic E-state index is 0.352. The summed E-state index contributed by atoms with van der Waals surface area (Å²) in [7, 11) is 0. The molecule has 0 spiro atoms. The van der Waals surface area contributed by atoms with E-state index in [1.54, 1.807) is 0 Å². The molecule has 0 aromatic rings. The molecule has 0 aromatic heterocycles. The number of rotatable bonds is 7. The van der Waals surface area contributed by atoms with E-state index < -0.39 is 0 Å². The quantitative estimate of drug-likeness (QED) is 0.623. The van der Waals surface area contributed by atoms with Crippen LogP contribution in [0.15, 0.2) is 0 Å². The molecule has 0 aliphatic carbocycles. The van der Waals surface area contributed by atoms with E-state index in [1.165, 1.54) is 18.6 Å². The summed E-state index contributed by atoms with van der Waals surface area (Å²) >= 11 is 2.05. The largest absolute Gasteiger partial charge is 0.396 e. The first-order valence-corrected chi connectivity index (χ1v) is 5.95. The Bertz CT molecular complexity index is 93.8. The zero-order chi connectivity index (χ0) is 9.40. The highest BCUT2D eigenvalue weighted by Gasteiger charge is 2.05. The molecule has 0 amide bonds. The van der Waals surface area contributed by atoms with Crippen LogP contribution >= 0.6 is 11.8 Å². The van der Waals surface area contributed by atoms with Crippen LogP contribution in [-0.4, -0.2) is 22.7 Å². The van der Waals surface area contributed by atoms with Gasteiger partial charge in [-0.2, -0.15) is 11.8 Å². The normalized spacial score (nSPS) is 13.8. The van der Waals surface area contributed by atoms with Gasteiger partial charge in [-0.05, 0) is 24.5 Å². The molecule has 0 saturated heterocycles. The molecule has 0 aliphatic rings. The Morgan fingerprint density at radius 3 is 2.25 bits per heavy atom. The van der Waals surface area contributed by atoms with Crippen molar-refractivity contribution in [1.29, 1.82) is 0 Å². The molecule has 0 aliphatic heterocycles. The van der Waals surface area contributed by atoms with Crippen LogP contribution in [0.1, 0.15) is 40.0 Å². The smallest absolute Gasteiger partial charge is 0.0431 e. The van der Waals surface area contributed by atoms with Crippen LogP contribution in [0.3, 0.4) is 0 Å². The Kier molecular flexibility index (Phi) is 8.14. The molecular formula is C10H22OS. The van der Waals surface area contributed by atoms with Gasteiger partial charge < -0.3 is 5.11 Å². The van der Waals surface area contributed by atoms with Crippen LogP contribution in [0, 0.1) is 5.92 Å². The van der Waals surface area contributed by atoms with Crippen molar-refractivity contribution in [3.8, 4) is 0 Å². The highest BCUT2D eigenvalue weighted by molar-refractivity contribution is 7.99. The van der Waals surface area contributed by atoms with Crippen molar-refractivity contribution in [3.05, 3.63) is 0 Å². The van der Waals surface area contributed by atoms with Gasteiger partial charge in [0.1, 0.15) is 0 Å². The molecule has 0 saturated carbocycles. The minimum absolute atomic E-state index is 0.352. The van der Waals surface area contributed by atoms with E-state index in [1.807, 2.05) is 0 Å². The van der Waals surface area contributed by atoms with E-state index in [0.717, 1.165) is 17.6 Å². The van der Waals surface area contributed by atoms with E-state index >= 15 is 0 Å². The van der Waals surface area contributed by atoms with E-state index in [-0.39, 0.29) is 0 Å². The molecule has 0 fully saturated rings. The van der Waals surface area contributed by atoms with Gasteiger partial charge in [0.15, 0.2) is 0 Å². The van der Waals surface area contributed by atoms with Crippen molar-refractivity contribution in [2.24, 2.45) is 5.92 Å². The Hall–Kier alpha value is 0.310. The SMILES string of the molecule is CC(C)C(C)SCCCCCO. The Morgan fingerprint density at radius 1 is 1.08 bits per heavy atom. The predicted octanol–water partition coefficient (Wildman–Crippen LogP) is 2.93. The molecule has 0 bridgehead atoms. The second-order valence-corrected chi connectivity index (χ2v) is 5.09. The second kappa shape index (κ2) is 7.93. The van der Waals surface area contributed by atoms with Crippen LogP contribution in [0.25, 0.3) is 0 Å². The van der Waals surface area contributed by atoms with Crippen LogP contribution < -0.4 is 0 Å². The van der Waals surface area contributed by atoms with Crippen molar-refractivity contribution >= 4 is 11.8 Å². The van der Waals surface area contributed by atoms with Gasteiger partial charge in [-0.15, -0.1) is 0 Å². The number of thioether (sulfide) groups is 1. The molecular weight excluding hydrogens is 168 g/mol. The number of hydrogen-bond donors (Lipinski definition) is 1. The Labute approximate surface area is 80.9 Å². The molecule has 0 heterocycles. The maximum Gasteiger partial charge on any atom is 0.0431 e. The van der Waals surface area contributed by atoms with Crippen LogP contribution in [-0.2, 0) is 0 Å². The number of aliphatic hydroxyl groups is 1. The molecule has 0 aromatic carbocycles. The average Bonchev–Trinajstić information content (AvgIpc) is 2.03. The van der Waals surface area contributed by atoms with Gasteiger partial charge in [0.25, 0.3) is 0 Å². The molecule has 1 N–H and O–H groups in total. The standard InChI is InChI=1S/C10H22OS/c1-9(2)10(3)12-8-6-4-5-7-11/h9-11H,4-8H2,1-3H3. The lowest BCUT2D eigenvalue weighted by atomic mass is 10.2. The van der Waals surface area contributed by atoms with Gasteiger partial charge in [0.05, 0.1) is 0 Å². The third-order valence-electron chi connectivity index (χ3n) is 2.12. The summed E-state index contributed by atoms with van der Waals surface area (Å²) in [5, 5.41) is 9.33. The monoisotopic (exact) mass is 190 g/mol. The zero-order valence-corrected chi connectivity index (χ0v) is 9.36. The highest BCUT2D eigenvalue weighted by Crippen LogP contribution is 2.19. The molecule has 12 heavy (non-hydrogen) atoms. The summed E-state index contributed by atoms with van der Waals surface area (Å²) in [4.78, 5) is 0. The Balaban J connectivity index is 3.08. The molecule has 1 unspecified atom stereocenters. The lowest BCUT2D eigenvalue weighted by Gasteiger charge is -2.14. The van der Waals surface area contributed by atoms with E-state index in [2.05, 4.69) is 32.5 Å². The lowest BCUT2D eigenvalue weighted by molar-refractivity contribution is 0.284. The first-order valence-electron chi connectivity index (χ1n) is 4.91. The van der Waals surface area contributed by atoms with Crippen molar-refractivity contribution in [2.75, 3.05) is 12.4 Å². The van der Waals surface area contributed by atoms with Gasteiger partial charge in [-0.25, -0.2) is 0 Å². The summed E-state index contributed by atoms with van der Waals surface area (Å²) in [6.07, 6.45) is 3.40. The van der Waals surface area contributed by atoms with E-state index in [9.17, 15) is 0 Å². The molecule has 1 atom stereocenters. The van der Waals surface area contributed by atoms with Gasteiger partial charge >= 0.3 is 0 Å². The maximum absolute atomic E-state index is 8.56. The molecule has 0 radical (unpaired) electrons. The number of aliphatic hydroxyl groups excluding tert-OH is 1. The van der Waals surface area contributed by atoms with Crippen LogP contribution in [0.2, 0.25) is 0 Å². The van der Waals surface area contributed by atoms with Gasteiger partial charge in [-0.3, -0.25) is 0 Å². The summed E-state index contributed by atoms with van der Waals surface area (Å²) in [5.74, 6) is 2.03. The highest BCUT2D eigenvalue weighted by atomic mass is 32.2. The average molecular weight is 190 g/mol. The van der Waals surface area contributed by atoms with Gasteiger partial charge in [-0.1, -0.05) is 27.2 Å². The first-order chi connectivity index (χ1) is 5.68. The van der Waals surface area contributed by atoms with Crippen molar-refractivity contribution < 1.29 is 5.11 Å². The summed E-state index contributed by atoms with van der Waals surface area (Å²) in [6.45, 7) is 7.18. The predicted molar refractivity (Wildman–Crippen MR) is 57.7 cm³/mol. The number of unbranched alkanes of at least 4 members (excludes halogenated alkanes) is 2. The Morgan fingerprint density at radius 2 is 1.75 bits per heavy atom. The summed E-state index contributed by atoms with van der Waals surface area (Å²) in [6, 6.07) is 0. The fraction of sp³-hybridized carbons (Fsp3) is 1.00. The molecule has 1 nitrogen and oxygen atoms in total. The third-order valence-corrected chi connectivity index (χ3v) is 3.72. The fourth-order valence-electron chi connectivity index (χ4n) is 0.852. The fourth-order valence-corrected chi connectivity index (χ4v) is 1.98. The summed E-state index contributed by atoms with van der Waals surface area (Å²) < 4.78 is 0. The molecule has 0 rings (SSSR count). The first kappa shape index (κ1) is 12.3. The lowest BCUT2D eigenvalue weighted by Crippen LogP contribution is -2.06. The van der Waals surface area contributed by atoms with Crippen molar-refractivity contribution in [3.63, 3.8) is 0 Å². The minimum Gasteiger partial charge on any atom is -0.396 e. The molecule has 2 heteroatoms. The van der Waals surface area contributed by atoms with Gasteiger partial charge in [0, 0.05) is 11.9 Å². The summed E-state index contributed by atoms with van der Waals surface area (Å²) in [5.41, 5.74) is 0. The van der Waals surface area contributed by atoms with E-state index in [0.29, 0.717) is 6.61 Å². The van der Waals surface area contributed by atoms with Crippen LogP contribution in [0.4, 0.5) is 0 Å². The van der Waals surface area contributed by atoms with Gasteiger partial charge in [0.2, 0.25) is 0 Å². The number of hydrogen-bond acceptors (Lipinski definition) is 2. The van der Waals surface area contributed by atoms with Crippen molar-refractivity contribution in [1.82, 2.24) is 0 Å². The van der Waals surface area contributed by atoms with Crippen LogP contribution in [0.5, 0.6) is 0 Å². The van der Waals surface area contributed by atoms with E-state index in [4.69, 9.17) is 5.11 Å². The maximum atomic E-state index is 8.56. The second-order valence-electron chi connectivity index (χ2n) is 3.60. The zero-order valence-electron chi connectivity index (χ0n) is 8.55. The van der Waals surface area contributed by atoms with Crippen molar-refractivity contribution in [2.45, 2.75) is 45.3 Å². The topological polar surface area (TPSA) is 20.2 Å². The molecule has 74 valence electrons.